The molecule has 5 nitrogen and oxygen atoms in total. The summed E-state index contributed by atoms with van der Waals surface area (Å²) in [6.07, 6.45) is 0. The summed E-state index contributed by atoms with van der Waals surface area (Å²) in [5, 5.41) is 3.60. The molecule has 5 N–H and O–H groups in total. The van der Waals surface area contributed by atoms with Gasteiger partial charge in [-0.2, -0.15) is 0 Å². The van der Waals surface area contributed by atoms with Crippen molar-refractivity contribution < 1.29 is 4.79 Å². The molecular weight excluding hydrogens is 367 g/mol. The molecule has 0 aliphatic rings. The van der Waals surface area contributed by atoms with Gasteiger partial charge in [-0.15, -0.1) is 0 Å². The number of nitrogen functional groups attached to an aromatic ring is 1. The largest absolute Gasteiger partial charge is 0.396 e. The number of aromatic nitrogens is 1. The number of amides is 1. The SMILES string of the molecule is NC(=O)c1ccc(N)c(Nc2ccc(Br)c(Cl)c2Cl)n1. The molecule has 1 heterocycles. The van der Waals surface area contributed by atoms with Crippen molar-refractivity contribution in [1.82, 2.24) is 4.98 Å². The third kappa shape index (κ3) is 2.98. The van der Waals surface area contributed by atoms with Gasteiger partial charge in [-0.3, -0.25) is 4.79 Å². The van der Waals surface area contributed by atoms with Crippen molar-refractivity contribution in [3.8, 4) is 0 Å². The molecular formula is C12H9BrCl2N4O. The lowest BCUT2D eigenvalue weighted by molar-refractivity contribution is 0.0996. The normalized spacial score (nSPS) is 10.3. The standard InChI is InChI=1S/C12H9BrCl2N4O/c13-5-1-3-7(10(15)9(5)14)18-12-6(16)2-4-8(19-12)11(17)20/h1-4H,16H2,(H2,17,20)(H,18,19). The Morgan fingerprint density at radius 3 is 2.55 bits per heavy atom. The minimum atomic E-state index is -0.645. The van der Waals surface area contributed by atoms with E-state index in [-0.39, 0.29) is 11.5 Å². The fraction of sp³-hybridized carbons (Fsp3) is 0. The highest BCUT2D eigenvalue weighted by Crippen LogP contribution is 2.37. The van der Waals surface area contributed by atoms with Crippen LogP contribution >= 0.6 is 39.1 Å². The van der Waals surface area contributed by atoms with Crippen LogP contribution < -0.4 is 16.8 Å². The zero-order chi connectivity index (χ0) is 14.9. The van der Waals surface area contributed by atoms with E-state index < -0.39 is 5.91 Å². The van der Waals surface area contributed by atoms with Gasteiger partial charge < -0.3 is 16.8 Å². The van der Waals surface area contributed by atoms with Crippen molar-refractivity contribution in [3.63, 3.8) is 0 Å². The Hall–Kier alpha value is -1.50. The Morgan fingerprint density at radius 2 is 1.90 bits per heavy atom. The molecule has 8 heteroatoms. The molecule has 0 radical (unpaired) electrons. The van der Waals surface area contributed by atoms with Crippen LogP contribution in [-0.2, 0) is 0 Å². The summed E-state index contributed by atoms with van der Waals surface area (Å²) in [5.74, 6) is -0.366. The summed E-state index contributed by atoms with van der Waals surface area (Å²) in [6.45, 7) is 0. The lowest BCUT2D eigenvalue weighted by Crippen LogP contribution is -2.14. The second-order valence-electron chi connectivity index (χ2n) is 3.85. The topological polar surface area (TPSA) is 94.0 Å². The molecule has 2 aromatic rings. The van der Waals surface area contributed by atoms with Gasteiger partial charge in [0.2, 0.25) is 0 Å². The molecule has 1 aromatic carbocycles. The van der Waals surface area contributed by atoms with E-state index in [1.54, 1.807) is 12.1 Å². The summed E-state index contributed by atoms with van der Waals surface area (Å²) < 4.78 is 0.668. The Labute approximate surface area is 133 Å². The number of halogens is 3. The molecule has 0 atom stereocenters. The number of hydrogen-bond donors (Lipinski definition) is 3. The number of nitrogens with two attached hydrogens (primary N) is 2. The summed E-state index contributed by atoms with van der Waals surface area (Å²) in [4.78, 5) is 15.2. The van der Waals surface area contributed by atoms with E-state index in [4.69, 9.17) is 34.7 Å². The smallest absolute Gasteiger partial charge is 0.267 e. The number of nitrogens with one attached hydrogen (secondary N) is 1. The van der Waals surface area contributed by atoms with Crippen molar-refractivity contribution in [1.29, 1.82) is 0 Å². The van der Waals surface area contributed by atoms with Gasteiger partial charge in [0.25, 0.3) is 5.91 Å². The molecule has 0 fully saturated rings. The van der Waals surface area contributed by atoms with Crippen LogP contribution in [0.25, 0.3) is 0 Å². The minimum absolute atomic E-state index is 0.0982. The number of anilines is 3. The zero-order valence-electron chi connectivity index (χ0n) is 9.95. The first-order chi connectivity index (χ1) is 9.40. The maximum absolute atomic E-state index is 11.1. The second-order valence-corrected chi connectivity index (χ2v) is 5.46. The zero-order valence-corrected chi connectivity index (χ0v) is 13.1. The van der Waals surface area contributed by atoms with E-state index in [9.17, 15) is 4.79 Å². The van der Waals surface area contributed by atoms with E-state index in [1.807, 2.05) is 0 Å². The number of benzene rings is 1. The molecule has 1 amide bonds. The van der Waals surface area contributed by atoms with Crippen LogP contribution in [0.1, 0.15) is 10.5 Å². The first kappa shape index (κ1) is 14.9. The van der Waals surface area contributed by atoms with Crippen molar-refractivity contribution in [2.75, 3.05) is 11.1 Å². The molecule has 0 bridgehead atoms. The third-order valence-electron chi connectivity index (χ3n) is 2.47. The van der Waals surface area contributed by atoms with Crippen LogP contribution in [0.15, 0.2) is 28.7 Å². The summed E-state index contributed by atoms with van der Waals surface area (Å²) in [6, 6.07) is 6.41. The maximum Gasteiger partial charge on any atom is 0.267 e. The lowest BCUT2D eigenvalue weighted by Gasteiger charge is -2.12. The van der Waals surface area contributed by atoms with Crippen molar-refractivity contribution in [2.24, 2.45) is 5.73 Å². The van der Waals surface area contributed by atoms with Crippen molar-refractivity contribution in [3.05, 3.63) is 44.5 Å². The maximum atomic E-state index is 11.1. The van der Waals surface area contributed by atoms with Gasteiger partial charge >= 0.3 is 0 Å². The fourth-order valence-electron chi connectivity index (χ4n) is 1.46. The van der Waals surface area contributed by atoms with E-state index in [0.29, 0.717) is 25.9 Å². The van der Waals surface area contributed by atoms with Gasteiger partial charge in [0.05, 0.1) is 21.4 Å². The Kier molecular flexibility index (Phi) is 4.37. The Balaban J connectivity index is 2.42. The summed E-state index contributed by atoms with van der Waals surface area (Å²) in [7, 11) is 0. The van der Waals surface area contributed by atoms with Gasteiger partial charge in [0.15, 0.2) is 5.82 Å². The monoisotopic (exact) mass is 374 g/mol. The highest BCUT2D eigenvalue weighted by Gasteiger charge is 2.12. The Morgan fingerprint density at radius 1 is 1.20 bits per heavy atom. The minimum Gasteiger partial charge on any atom is -0.396 e. The molecule has 1 aromatic heterocycles. The van der Waals surface area contributed by atoms with Crippen molar-refractivity contribution in [2.45, 2.75) is 0 Å². The highest BCUT2D eigenvalue weighted by molar-refractivity contribution is 9.10. The summed E-state index contributed by atoms with van der Waals surface area (Å²) in [5.41, 5.74) is 11.9. The molecule has 104 valence electrons. The van der Waals surface area contributed by atoms with Crippen LogP contribution in [0.2, 0.25) is 10.0 Å². The van der Waals surface area contributed by atoms with E-state index >= 15 is 0 Å². The average Bonchev–Trinajstić information content (AvgIpc) is 2.41. The molecule has 0 aliphatic heterocycles. The number of nitrogens with zero attached hydrogens (tertiary/aromatic N) is 1. The number of carbonyl (C=O) groups is 1. The average molecular weight is 376 g/mol. The van der Waals surface area contributed by atoms with Crippen LogP contribution in [-0.4, -0.2) is 10.9 Å². The molecule has 0 unspecified atom stereocenters. The number of carbonyl (C=O) groups excluding carboxylic acids is 1. The fourth-order valence-corrected chi connectivity index (χ4v) is 2.28. The van der Waals surface area contributed by atoms with Gasteiger partial charge in [0, 0.05) is 4.47 Å². The van der Waals surface area contributed by atoms with Crippen molar-refractivity contribution >= 4 is 62.2 Å². The van der Waals surface area contributed by atoms with E-state index in [0.717, 1.165) is 0 Å². The molecule has 0 saturated carbocycles. The molecule has 0 aliphatic carbocycles. The summed E-state index contributed by atoms with van der Waals surface area (Å²) >= 11 is 15.4. The molecule has 0 saturated heterocycles. The quantitative estimate of drug-likeness (QED) is 0.714. The highest BCUT2D eigenvalue weighted by atomic mass is 79.9. The van der Waals surface area contributed by atoms with Crippen LogP contribution in [0, 0.1) is 0 Å². The van der Waals surface area contributed by atoms with Gasteiger partial charge in [0.1, 0.15) is 5.69 Å². The van der Waals surface area contributed by atoms with Crippen LogP contribution in [0.5, 0.6) is 0 Å². The number of pyridine rings is 1. The molecule has 0 spiro atoms. The van der Waals surface area contributed by atoms with Gasteiger partial charge in [-0.05, 0) is 40.2 Å². The number of primary amides is 1. The second kappa shape index (κ2) is 5.87. The number of hydrogen-bond acceptors (Lipinski definition) is 4. The first-order valence-electron chi connectivity index (χ1n) is 5.37. The molecule has 2 rings (SSSR count). The number of rotatable bonds is 3. The van der Waals surface area contributed by atoms with E-state index in [2.05, 4.69) is 26.2 Å². The Bertz CT molecular complexity index is 693. The lowest BCUT2D eigenvalue weighted by atomic mass is 10.2. The third-order valence-corrected chi connectivity index (χ3v) is 4.24. The van der Waals surface area contributed by atoms with Crippen LogP contribution in [0.4, 0.5) is 17.2 Å². The predicted octanol–water partition coefficient (Wildman–Crippen LogP) is 3.58. The van der Waals surface area contributed by atoms with E-state index in [1.165, 1.54) is 12.1 Å². The van der Waals surface area contributed by atoms with Crippen LogP contribution in [0.3, 0.4) is 0 Å². The first-order valence-corrected chi connectivity index (χ1v) is 6.92. The van der Waals surface area contributed by atoms with Gasteiger partial charge in [-0.25, -0.2) is 4.98 Å². The predicted molar refractivity (Wildman–Crippen MR) is 84.6 cm³/mol. The molecule has 20 heavy (non-hydrogen) atoms. The van der Waals surface area contributed by atoms with Gasteiger partial charge in [-0.1, -0.05) is 23.2 Å².